The highest BCUT2D eigenvalue weighted by Gasteiger charge is 2.48. The van der Waals surface area contributed by atoms with Gasteiger partial charge in [-0.25, -0.2) is 27.3 Å². The van der Waals surface area contributed by atoms with Crippen LogP contribution < -0.4 is 15.4 Å². The molecule has 228 valence electrons. The van der Waals surface area contributed by atoms with Gasteiger partial charge in [-0.05, 0) is 44.0 Å². The number of halogens is 7. The minimum atomic E-state index is -4.59. The summed E-state index contributed by atoms with van der Waals surface area (Å²) >= 11 is 0. The van der Waals surface area contributed by atoms with Crippen molar-refractivity contribution in [2.75, 3.05) is 6.54 Å². The molecule has 8 nitrogen and oxygen atoms in total. The molecular formula is C27H27F7N4O4. The predicted octanol–water partition coefficient (Wildman–Crippen LogP) is 6.11. The van der Waals surface area contributed by atoms with Gasteiger partial charge < -0.3 is 20.5 Å². The number of rotatable bonds is 10. The van der Waals surface area contributed by atoms with Gasteiger partial charge in [0.05, 0.1) is 16.8 Å². The molecule has 1 fully saturated rings. The number of aromatic nitrogens is 2. The third kappa shape index (κ3) is 7.05. The molecule has 2 aromatic heterocycles. The van der Waals surface area contributed by atoms with Crippen LogP contribution in [-0.4, -0.2) is 50.7 Å². The highest BCUT2D eigenvalue weighted by molar-refractivity contribution is 5.95. The van der Waals surface area contributed by atoms with E-state index in [2.05, 4.69) is 10.3 Å². The van der Waals surface area contributed by atoms with Gasteiger partial charge in [0.1, 0.15) is 23.9 Å². The first-order chi connectivity index (χ1) is 19.5. The van der Waals surface area contributed by atoms with Crippen molar-refractivity contribution in [3.63, 3.8) is 0 Å². The Morgan fingerprint density at radius 2 is 1.81 bits per heavy atom. The molecule has 3 N–H and O–H groups in total. The smallest absolute Gasteiger partial charge is 0.405 e. The van der Waals surface area contributed by atoms with Crippen LogP contribution in [0, 0.1) is 18.6 Å². The van der Waals surface area contributed by atoms with Crippen molar-refractivity contribution in [3.8, 4) is 5.75 Å². The number of carbonyl (C=O) groups is 2. The quantitative estimate of drug-likeness (QED) is 0.242. The highest BCUT2D eigenvalue weighted by Crippen LogP contribution is 2.49. The molecule has 0 aliphatic heterocycles. The largest absolute Gasteiger partial charge is 0.485 e. The average molecular weight is 605 g/mol. The van der Waals surface area contributed by atoms with Crippen LogP contribution in [0.2, 0.25) is 0 Å². The number of pyridine rings is 1. The number of alkyl halides is 5. The van der Waals surface area contributed by atoms with E-state index in [1.54, 1.807) is 6.92 Å². The van der Waals surface area contributed by atoms with E-state index in [-0.39, 0.29) is 28.3 Å². The van der Waals surface area contributed by atoms with Gasteiger partial charge in [0, 0.05) is 37.9 Å². The van der Waals surface area contributed by atoms with Crippen molar-refractivity contribution < 1.29 is 50.2 Å². The van der Waals surface area contributed by atoms with E-state index in [9.17, 15) is 40.3 Å². The monoisotopic (exact) mass is 604 g/mol. The van der Waals surface area contributed by atoms with Crippen LogP contribution in [-0.2, 0) is 6.61 Å². The third-order valence-corrected chi connectivity index (χ3v) is 6.98. The third-order valence-electron chi connectivity index (χ3n) is 6.98. The second-order valence-corrected chi connectivity index (χ2v) is 10.7. The minimum Gasteiger partial charge on any atom is -0.485 e. The van der Waals surface area contributed by atoms with Gasteiger partial charge in [-0.2, -0.15) is 13.2 Å². The number of imidazole rings is 1. The molecule has 0 radical (unpaired) electrons. The van der Waals surface area contributed by atoms with E-state index < -0.39 is 86.0 Å². The summed E-state index contributed by atoms with van der Waals surface area (Å²) in [6.07, 6.45) is -8.00. The SMILES string of the molecule is Cc1cc(OCc2c(F)cccc2F)c2nc(C3CC(F)(F)C3)c(C(=O)NCC(C)(CCC(F)(F)F)NC(=O)O)n2c1. The maximum Gasteiger partial charge on any atom is 0.405 e. The van der Waals surface area contributed by atoms with Crippen LogP contribution in [0.4, 0.5) is 35.5 Å². The molecule has 0 bridgehead atoms. The van der Waals surface area contributed by atoms with Crippen LogP contribution in [0.3, 0.4) is 0 Å². The standard InChI is InChI=1S/C27H27F7N4O4/c1-14-8-19(42-12-16-17(28)4-3-5-18(16)29)22-36-20(15-9-26(30,31)10-15)21(38(22)11-14)23(39)35-13-25(2,37-24(40)41)6-7-27(32,33)34/h3-5,8,11,15,37H,6-7,9-10,12-13H2,1-2H3,(H,35,39)(H,40,41). The molecule has 1 atom stereocenters. The fourth-order valence-corrected chi connectivity index (χ4v) is 4.78. The fourth-order valence-electron chi connectivity index (χ4n) is 4.78. The Hall–Kier alpha value is -4.04. The summed E-state index contributed by atoms with van der Waals surface area (Å²) in [5.74, 6) is -6.48. The van der Waals surface area contributed by atoms with Gasteiger partial charge in [-0.15, -0.1) is 0 Å². The lowest BCUT2D eigenvalue weighted by Gasteiger charge is -2.34. The second kappa shape index (κ2) is 11.3. The van der Waals surface area contributed by atoms with E-state index in [4.69, 9.17) is 9.84 Å². The molecule has 1 aliphatic carbocycles. The van der Waals surface area contributed by atoms with E-state index >= 15 is 0 Å². The molecule has 2 heterocycles. The molecule has 1 aliphatic rings. The Morgan fingerprint density at radius 1 is 1.17 bits per heavy atom. The molecule has 0 saturated heterocycles. The van der Waals surface area contributed by atoms with Gasteiger partial charge in [0.15, 0.2) is 11.4 Å². The van der Waals surface area contributed by atoms with Gasteiger partial charge >= 0.3 is 12.3 Å². The summed E-state index contributed by atoms with van der Waals surface area (Å²) < 4.78 is 101. The molecule has 1 aromatic carbocycles. The Bertz CT molecular complexity index is 1480. The molecular weight excluding hydrogens is 577 g/mol. The van der Waals surface area contributed by atoms with Crippen LogP contribution in [0.25, 0.3) is 5.65 Å². The first kappa shape index (κ1) is 30.9. The molecule has 3 aromatic rings. The van der Waals surface area contributed by atoms with Gasteiger partial charge in [-0.3, -0.25) is 9.20 Å². The molecule has 42 heavy (non-hydrogen) atoms. The summed E-state index contributed by atoms with van der Waals surface area (Å²) in [5, 5.41) is 13.6. The molecule has 15 heteroatoms. The minimum absolute atomic E-state index is 0.00778. The zero-order valence-corrected chi connectivity index (χ0v) is 22.4. The topological polar surface area (TPSA) is 105 Å². The summed E-state index contributed by atoms with van der Waals surface area (Å²) in [6, 6.07) is 4.75. The summed E-state index contributed by atoms with van der Waals surface area (Å²) in [6.45, 7) is 1.68. The van der Waals surface area contributed by atoms with E-state index in [1.807, 2.05) is 5.32 Å². The number of fused-ring (bicyclic) bond motifs is 1. The maximum atomic E-state index is 14.2. The first-order valence-electron chi connectivity index (χ1n) is 12.8. The van der Waals surface area contributed by atoms with Crippen LogP contribution in [0.5, 0.6) is 5.75 Å². The normalized spacial score (nSPS) is 16.5. The number of nitrogens with one attached hydrogen (secondary N) is 2. The summed E-state index contributed by atoms with van der Waals surface area (Å²) in [7, 11) is 0. The number of hydrogen-bond acceptors (Lipinski definition) is 4. The Kier molecular flexibility index (Phi) is 8.33. The van der Waals surface area contributed by atoms with Crippen molar-refractivity contribution in [2.24, 2.45) is 0 Å². The van der Waals surface area contributed by atoms with Crippen molar-refractivity contribution in [2.45, 2.75) is 69.7 Å². The second-order valence-electron chi connectivity index (χ2n) is 10.7. The lowest BCUT2D eigenvalue weighted by atomic mass is 9.78. The first-order valence-corrected chi connectivity index (χ1v) is 12.8. The van der Waals surface area contributed by atoms with Crippen LogP contribution in [0.1, 0.15) is 65.8 Å². The van der Waals surface area contributed by atoms with Gasteiger partial charge in [-0.1, -0.05) is 6.07 Å². The molecule has 4 rings (SSSR count). The lowest BCUT2D eigenvalue weighted by Crippen LogP contribution is -2.53. The number of aryl methyl sites for hydroxylation is 1. The van der Waals surface area contributed by atoms with Crippen LogP contribution >= 0.6 is 0 Å². The van der Waals surface area contributed by atoms with E-state index in [1.165, 1.54) is 29.7 Å². The van der Waals surface area contributed by atoms with Crippen molar-refractivity contribution in [3.05, 3.63) is 64.6 Å². The van der Waals surface area contributed by atoms with Crippen LogP contribution in [0.15, 0.2) is 30.5 Å². The number of carbonyl (C=O) groups excluding carboxylic acids is 1. The molecule has 1 saturated carbocycles. The lowest BCUT2D eigenvalue weighted by molar-refractivity contribution is -0.138. The van der Waals surface area contributed by atoms with E-state index in [0.29, 0.717) is 5.56 Å². The number of amides is 2. The summed E-state index contributed by atoms with van der Waals surface area (Å²) in [4.78, 5) is 29.1. The summed E-state index contributed by atoms with van der Waals surface area (Å²) in [5.41, 5.74) is -1.86. The number of nitrogens with zero attached hydrogens (tertiary/aromatic N) is 2. The zero-order chi connectivity index (χ0) is 31.0. The Balaban J connectivity index is 1.69. The van der Waals surface area contributed by atoms with Gasteiger partial charge in [0.25, 0.3) is 5.91 Å². The number of ether oxygens (including phenoxy) is 1. The predicted molar refractivity (Wildman–Crippen MR) is 135 cm³/mol. The van der Waals surface area contributed by atoms with Gasteiger partial charge in [0.2, 0.25) is 5.92 Å². The molecule has 1 unspecified atom stereocenters. The fraction of sp³-hybridized carbons (Fsp3) is 0.444. The Morgan fingerprint density at radius 3 is 2.38 bits per heavy atom. The highest BCUT2D eigenvalue weighted by atomic mass is 19.4. The van der Waals surface area contributed by atoms with Crippen molar-refractivity contribution >= 4 is 17.6 Å². The number of hydrogen-bond donors (Lipinski definition) is 3. The molecule has 2 amide bonds. The van der Waals surface area contributed by atoms with Crippen molar-refractivity contribution in [1.82, 2.24) is 20.0 Å². The zero-order valence-electron chi connectivity index (χ0n) is 22.4. The van der Waals surface area contributed by atoms with E-state index in [0.717, 1.165) is 12.1 Å². The Labute approximate surface area is 234 Å². The average Bonchev–Trinajstić information content (AvgIpc) is 3.22. The maximum absolute atomic E-state index is 14.2. The number of carboxylic acid groups (broad SMARTS) is 1. The molecule has 0 spiro atoms. The van der Waals surface area contributed by atoms with Crippen molar-refractivity contribution in [1.29, 1.82) is 0 Å². The number of benzene rings is 1.